The number of nitrogens with zero attached hydrogens (tertiary/aromatic N) is 2. The Kier molecular flexibility index (Phi) is 7.59. The van der Waals surface area contributed by atoms with Crippen LogP contribution >= 0.6 is 60.6 Å². The molecule has 2 aliphatic heterocycles. The molecule has 0 bridgehead atoms. The highest BCUT2D eigenvalue weighted by Gasteiger charge is 2.34. The second-order valence-corrected chi connectivity index (χ2v) is 9.10. The van der Waals surface area contributed by atoms with Gasteiger partial charge in [-0.15, -0.1) is 0 Å². The Hall–Kier alpha value is 0.110. The molecule has 0 aromatic heterocycles. The molecule has 0 aromatic carbocycles. The van der Waals surface area contributed by atoms with Crippen LogP contribution in [0.4, 0.5) is 0 Å². The molecule has 124 valence electrons. The molecule has 2 fully saturated rings. The van der Waals surface area contributed by atoms with Crippen molar-refractivity contribution in [2.45, 2.75) is 39.8 Å². The fourth-order valence-corrected chi connectivity index (χ4v) is 5.37. The monoisotopic (exact) mass is 394 g/mol. The highest BCUT2D eigenvalue weighted by molar-refractivity contribution is 8.38. The molecule has 8 heteroatoms. The Labute approximate surface area is 159 Å². The first-order chi connectivity index (χ1) is 10.1. The molecule has 0 radical (unpaired) electrons. The van der Waals surface area contributed by atoms with E-state index in [0.29, 0.717) is 28.1 Å². The summed E-state index contributed by atoms with van der Waals surface area (Å²) in [4.78, 5) is 4.00. The Balaban J connectivity index is 0.000000220. The molecular formula is C14H22N2OS5. The second kappa shape index (κ2) is 8.28. The summed E-state index contributed by atoms with van der Waals surface area (Å²) in [7, 11) is 3.92. The maximum Gasteiger partial charge on any atom is 0.265 e. The van der Waals surface area contributed by atoms with Gasteiger partial charge in [0.25, 0.3) is 5.17 Å². The molecule has 0 saturated carbocycles. The van der Waals surface area contributed by atoms with Crippen molar-refractivity contribution in [3.8, 4) is 0 Å². The quantitative estimate of drug-likeness (QED) is 0.647. The Morgan fingerprint density at radius 1 is 0.909 bits per heavy atom. The molecule has 22 heavy (non-hydrogen) atoms. The van der Waals surface area contributed by atoms with Gasteiger partial charge in [0.2, 0.25) is 0 Å². The summed E-state index contributed by atoms with van der Waals surface area (Å²) in [6.45, 7) is 8.54. The van der Waals surface area contributed by atoms with Gasteiger partial charge in [0.05, 0.1) is 10.2 Å². The summed E-state index contributed by atoms with van der Waals surface area (Å²) in [5.41, 5.74) is 0. The predicted molar refractivity (Wildman–Crippen MR) is 112 cm³/mol. The van der Waals surface area contributed by atoms with Crippen LogP contribution in [0.3, 0.4) is 0 Å². The van der Waals surface area contributed by atoms with E-state index in [1.54, 1.807) is 11.8 Å². The van der Waals surface area contributed by atoms with E-state index in [1.165, 1.54) is 0 Å². The van der Waals surface area contributed by atoms with Crippen molar-refractivity contribution in [1.29, 1.82) is 0 Å². The molecule has 2 heterocycles. The summed E-state index contributed by atoms with van der Waals surface area (Å²) in [6, 6.07) is 0.542. The lowest BCUT2D eigenvalue weighted by atomic mass is 10.1. The van der Waals surface area contributed by atoms with Gasteiger partial charge in [0.1, 0.15) is 10.4 Å². The third kappa shape index (κ3) is 4.56. The lowest BCUT2D eigenvalue weighted by Crippen LogP contribution is -2.34. The SMILES string of the molecule is CC(C)C1C(=S)OC(=S)N1C.CC(C)C1C(=S)SC(=S)N1C. The van der Waals surface area contributed by atoms with Crippen LogP contribution in [0.25, 0.3) is 0 Å². The van der Waals surface area contributed by atoms with Gasteiger partial charge >= 0.3 is 0 Å². The molecule has 2 unspecified atom stereocenters. The molecule has 3 nitrogen and oxygen atoms in total. The van der Waals surface area contributed by atoms with Gasteiger partial charge in [-0.3, -0.25) is 0 Å². The zero-order valence-electron chi connectivity index (χ0n) is 13.7. The highest BCUT2D eigenvalue weighted by atomic mass is 32.2. The van der Waals surface area contributed by atoms with Crippen molar-refractivity contribution in [3.63, 3.8) is 0 Å². The van der Waals surface area contributed by atoms with Gasteiger partial charge in [0, 0.05) is 14.1 Å². The average molecular weight is 395 g/mol. The highest BCUT2D eigenvalue weighted by Crippen LogP contribution is 2.29. The minimum Gasteiger partial charge on any atom is -0.422 e. The first-order valence-corrected chi connectivity index (χ1v) is 9.49. The number of likely N-dealkylation sites (N-methyl/N-ethyl adjacent to an activating group) is 1. The fourth-order valence-electron chi connectivity index (χ4n) is 2.42. The van der Waals surface area contributed by atoms with E-state index < -0.39 is 0 Å². The zero-order chi connectivity index (χ0) is 17.2. The molecule has 2 aliphatic rings. The van der Waals surface area contributed by atoms with E-state index in [9.17, 15) is 0 Å². The zero-order valence-corrected chi connectivity index (χ0v) is 17.7. The van der Waals surface area contributed by atoms with Gasteiger partial charge in [-0.1, -0.05) is 63.9 Å². The lowest BCUT2D eigenvalue weighted by Gasteiger charge is -2.23. The van der Waals surface area contributed by atoms with E-state index in [1.807, 2.05) is 19.0 Å². The molecule has 0 aliphatic carbocycles. The van der Waals surface area contributed by atoms with Gasteiger partial charge < -0.3 is 14.5 Å². The smallest absolute Gasteiger partial charge is 0.265 e. The maximum atomic E-state index is 5.20. The van der Waals surface area contributed by atoms with E-state index in [2.05, 4.69) is 32.6 Å². The molecule has 2 rings (SSSR count). The molecular weight excluding hydrogens is 373 g/mol. The first kappa shape index (κ1) is 20.2. The van der Waals surface area contributed by atoms with Crippen LogP contribution in [0, 0.1) is 11.8 Å². The molecule has 0 amide bonds. The van der Waals surface area contributed by atoms with Gasteiger partial charge in [-0.25, -0.2) is 0 Å². The van der Waals surface area contributed by atoms with Crippen molar-refractivity contribution in [2.24, 2.45) is 11.8 Å². The van der Waals surface area contributed by atoms with E-state index in [0.717, 1.165) is 8.52 Å². The predicted octanol–water partition coefficient (Wildman–Crippen LogP) is 3.89. The van der Waals surface area contributed by atoms with Gasteiger partial charge in [-0.2, -0.15) is 0 Å². The summed E-state index contributed by atoms with van der Waals surface area (Å²) >= 11 is 21.8. The van der Waals surface area contributed by atoms with Crippen LogP contribution in [0.2, 0.25) is 0 Å². The van der Waals surface area contributed by atoms with Crippen LogP contribution in [0.1, 0.15) is 27.7 Å². The van der Waals surface area contributed by atoms with Crippen molar-refractivity contribution in [1.82, 2.24) is 9.80 Å². The second-order valence-electron chi connectivity index (χ2n) is 5.97. The minimum atomic E-state index is 0.178. The van der Waals surface area contributed by atoms with Gasteiger partial charge in [0.15, 0.2) is 5.05 Å². The summed E-state index contributed by atoms with van der Waals surface area (Å²) in [5, 5.41) is 1.10. The van der Waals surface area contributed by atoms with Crippen LogP contribution < -0.4 is 0 Å². The largest absolute Gasteiger partial charge is 0.422 e. The standard InChI is InChI=1S/C7H11NOS2.C7H11NS3/c1-4(2)5-6(10)9-7(11)8(5)3;1-4(2)5-6(9)11-7(10)8(5)3/h2*4-5H,1-3H3. The first-order valence-electron chi connectivity index (χ1n) is 7.04. The van der Waals surface area contributed by atoms with Crippen LogP contribution in [0.15, 0.2) is 0 Å². The molecule has 0 aromatic rings. The maximum absolute atomic E-state index is 5.20. The third-order valence-electron chi connectivity index (χ3n) is 3.53. The summed E-state index contributed by atoms with van der Waals surface area (Å²) < 4.78 is 7.07. The Morgan fingerprint density at radius 2 is 1.41 bits per heavy atom. The topological polar surface area (TPSA) is 15.7 Å². The van der Waals surface area contributed by atoms with Crippen molar-refractivity contribution in [3.05, 3.63) is 0 Å². The number of rotatable bonds is 2. The third-order valence-corrected chi connectivity index (χ3v) is 6.16. The molecule has 2 atom stereocenters. The molecule has 0 N–H and O–H groups in total. The van der Waals surface area contributed by atoms with E-state index >= 15 is 0 Å². The van der Waals surface area contributed by atoms with Crippen molar-refractivity contribution < 1.29 is 4.74 Å². The van der Waals surface area contributed by atoms with Gasteiger partial charge in [-0.05, 0) is 36.3 Å². The van der Waals surface area contributed by atoms with Crippen LogP contribution in [-0.2, 0) is 4.74 Å². The van der Waals surface area contributed by atoms with Crippen molar-refractivity contribution >= 4 is 79.4 Å². The van der Waals surface area contributed by atoms with Crippen molar-refractivity contribution in [2.75, 3.05) is 14.1 Å². The number of hydrogen-bond acceptors (Lipinski definition) is 6. The van der Waals surface area contributed by atoms with E-state index in [4.69, 9.17) is 53.6 Å². The normalized spacial score (nSPS) is 25.1. The Morgan fingerprint density at radius 3 is 1.59 bits per heavy atom. The van der Waals surface area contributed by atoms with E-state index in [-0.39, 0.29) is 6.04 Å². The number of thioether (sulfide) groups is 1. The minimum absolute atomic E-state index is 0.178. The lowest BCUT2D eigenvalue weighted by molar-refractivity contribution is 0.380. The average Bonchev–Trinajstić information content (AvgIpc) is 2.77. The summed E-state index contributed by atoms with van der Waals surface area (Å²) in [5.74, 6) is 1.01. The number of ether oxygens (including phenoxy) is 1. The molecule has 0 spiro atoms. The van der Waals surface area contributed by atoms with Crippen LogP contribution in [0.5, 0.6) is 0 Å². The van der Waals surface area contributed by atoms with Crippen LogP contribution in [-0.4, -0.2) is 54.7 Å². The molecule has 2 saturated heterocycles. The number of hydrogen-bond donors (Lipinski definition) is 0. The Bertz CT molecular complexity index is 448. The number of thiocarbonyl (C=S) groups is 4. The fraction of sp³-hybridized carbons (Fsp3) is 0.714. The summed E-state index contributed by atoms with van der Waals surface area (Å²) in [6.07, 6.45) is 0.